The van der Waals surface area contributed by atoms with E-state index < -0.39 is 10.0 Å². The summed E-state index contributed by atoms with van der Waals surface area (Å²) in [4.78, 5) is 12.3. The van der Waals surface area contributed by atoms with Gasteiger partial charge in [0, 0.05) is 18.2 Å². The lowest BCUT2D eigenvalue weighted by Crippen LogP contribution is -2.30. The summed E-state index contributed by atoms with van der Waals surface area (Å²) in [5, 5.41) is 11.6. The van der Waals surface area contributed by atoms with Gasteiger partial charge in [-0.1, -0.05) is 18.2 Å². The Morgan fingerprint density at radius 3 is 2.56 bits per heavy atom. The van der Waals surface area contributed by atoms with Crippen molar-refractivity contribution in [2.24, 2.45) is 0 Å². The van der Waals surface area contributed by atoms with E-state index in [1.807, 2.05) is 6.07 Å². The van der Waals surface area contributed by atoms with Crippen molar-refractivity contribution in [3.63, 3.8) is 0 Å². The molecule has 0 bridgehead atoms. The predicted molar refractivity (Wildman–Crippen MR) is 94.2 cm³/mol. The summed E-state index contributed by atoms with van der Waals surface area (Å²) in [6, 6.07) is 14.6. The highest BCUT2D eigenvalue weighted by Gasteiger charge is 2.17. The average molecular weight is 357 g/mol. The van der Waals surface area contributed by atoms with Gasteiger partial charge in [-0.05, 0) is 49.7 Å². The third-order valence-corrected chi connectivity index (χ3v) is 4.96. The quantitative estimate of drug-likeness (QED) is 0.827. The van der Waals surface area contributed by atoms with Crippen LogP contribution in [-0.4, -0.2) is 20.4 Å². The van der Waals surface area contributed by atoms with E-state index in [9.17, 15) is 13.2 Å². The number of carbonyl (C=O) groups is 1. The molecule has 0 aliphatic heterocycles. The number of nitriles is 1. The van der Waals surface area contributed by atoms with Crippen LogP contribution in [-0.2, 0) is 16.6 Å². The number of sulfonamides is 1. The maximum Gasteiger partial charge on any atom is 0.251 e. The van der Waals surface area contributed by atoms with Crippen LogP contribution in [0.1, 0.15) is 35.3 Å². The molecule has 2 N–H and O–H groups in total. The van der Waals surface area contributed by atoms with E-state index in [0.29, 0.717) is 5.56 Å². The first-order chi connectivity index (χ1) is 11.8. The lowest BCUT2D eigenvalue weighted by Gasteiger charge is -2.11. The molecule has 0 aromatic heterocycles. The number of rotatable bonds is 6. The van der Waals surface area contributed by atoms with Gasteiger partial charge in [0.1, 0.15) is 0 Å². The van der Waals surface area contributed by atoms with E-state index in [1.165, 1.54) is 18.2 Å². The largest absolute Gasteiger partial charge is 0.348 e. The molecule has 2 rings (SSSR count). The highest BCUT2D eigenvalue weighted by Crippen LogP contribution is 2.12. The number of nitrogens with zero attached hydrogens (tertiary/aromatic N) is 1. The Kier molecular flexibility index (Phi) is 5.91. The van der Waals surface area contributed by atoms with Gasteiger partial charge in [0.25, 0.3) is 5.91 Å². The van der Waals surface area contributed by atoms with Crippen LogP contribution < -0.4 is 10.0 Å². The molecule has 1 amide bonds. The Bertz CT molecular complexity index is 915. The summed E-state index contributed by atoms with van der Waals surface area (Å²) in [6.45, 7) is 3.70. The highest BCUT2D eigenvalue weighted by atomic mass is 32.2. The third-order valence-electron chi connectivity index (χ3n) is 3.31. The van der Waals surface area contributed by atoms with E-state index in [4.69, 9.17) is 5.26 Å². The topological polar surface area (TPSA) is 99.1 Å². The molecule has 2 aromatic carbocycles. The lowest BCUT2D eigenvalue weighted by molar-refractivity contribution is 0.0950. The molecule has 7 heteroatoms. The SMILES string of the molecule is CC(C)NS(=O)(=O)c1cccc(C(=O)NCc2cccc(C#N)c2)c1. The summed E-state index contributed by atoms with van der Waals surface area (Å²) in [6.07, 6.45) is 0. The second-order valence-corrected chi connectivity index (χ2v) is 7.51. The normalized spacial score (nSPS) is 11.1. The zero-order valence-corrected chi connectivity index (χ0v) is 14.8. The summed E-state index contributed by atoms with van der Waals surface area (Å²) in [5.74, 6) is -0.385. The Morgan fingerprint density at radius 1 is 1.16 bits per heavy atom. The van der Waals surface area contributed by atoms with Gasteiger partial charge in [0.2, 0.25) is 10.0 Å². The van der Waals surface area contributed by atoms with E-state index in [0.717, 1.165) is 5.56 Å². The monoisotopic (exact) mass is 357 g/mol. The summed E-state index contributed by atoms with van der Waals surface area (Å²) in [5.41, 5.74) is 1.56. The Labute approximate surface area is 147 Å². The van der Waals surface area contributed by atoms with Crippen molar-refractivity contribution in [2.75, 3.05) is 0 Å². The minimum atomic E-state index is -3.66. The first-order valence-corrected chi connectivity index (χ1v) is 9.20. The Hall–Kier alpha value is -2.69. The fraction of sp³-hybridized carbons (Fsp3) is 0.222. The smallest absolute Gasteiger partial charge is 0.251 e. The van der Waals surface area contributed by atoms with Gasteiger partial charge in [-0.25, -0.2) is 13.1 Å². The summed E-state index contributed by atoms with van der Waals surface area (Å²) < 4.78 is 26.9. The summed E-state index contributed by atoms with van der Waals surface area (Å²) in [7, 11) is -3.66. The minimum Gasteiger partial charge on any atom is -0.348 e. The molecular weight excluding hydrogens is 338 g/mol. The van der Waals surface area contributed by atoms with Crippen molar-refractivity contribution in [3.8, 4) is 6.07 Å². The van der Waals surface area contributed by atoms with E-state index >= 15 is 0 Å². The molecule has 0 aliphatic rings. The molecule has 130 valence electrons. The molecule has 0 heterocycles. The van der Waals surface area contributed by atoms with Gasteiger partial charge in [-0.3, -0.25) is 4.79 Å². The third kappa shape index (κ3) is 5.14. The minimum absolute atomic E-state index is 0.0420. The van der Waals surface area contributed by atoms with Crippen LogP contribution in [0.4, 0.5) is 0 Å². The van der Waals surface area contributed by atoms with Crippen molar-refractivity contribution in [3.05, 3.63) is 65.2 Å². The van der Waals surface area contributed by atoms with Gasteiger partial charge >= 0.3 is 0 Å². The molecule has 6 nitrogen and oxygen atoms in total. The van der Waals surface area contributed by atoms with Crippen LogP contribution in [0.15, 0.2) is 53.4 Å². The Morgan fingerprint density at radius 2 is 1.88 bits per heavy atom. The standard InChI is InChI=1S/C18H19N3O3S/c1-13(2)21-25(23,24)17-8-4-7-16(10-17)18(22)20-12-15-6-3-5-14(9-15)11-19/h3-10,13,21H,12H2,1-2H3,(H,20,22). The molecule has 0 radical (unpaired) electrons. The first kappa shape index (κ1) is 18.6. The van der Waals surface area contributed by atoms with Crippen LogP contribution >= 0.6 is 0 Å². The molecule has 25 heavy (non-hydrogen) atoms. The second-order valence-electron chi connectivity index (χ2n) is 5.80. The van der Waals surface area contributed by atoms with Crippen molar-refractivity contribution >= 4 is 15.9 Å². The molecule has 0 saturated carbocycles. The van der Waals surface area contributed by atoms with Gasteiger partial charge < -0.3 is 5.32 Å². The van der Waals surface area contributed by atoms with Gasteiger partial charge in [0.15, 0.2) is 0 Å². The number of hydrogen-bond donors (Lipinski definition) is 2. The molecule has 0 unspecified atom stereocenters. The van der Waals surface area contributed by atoms with Crippen LogP contribution in [0, 0.1) is 11.3 Å². The van der Waals surface area contributed by atoms with Crippen LogP contribution in [0.25, 0.3) is 0 Å². The van der Waals surface area contributed by atoms with E-state index in [-0.39, 0.29) is 29.0 Å². The van der Waals surface area contributed by atoms with Crippen LogP contribution in [0.5, 0.6) is 0 Å². The van der Waals surface area contributed by atoms with Crippen molar-refractivity contribution < 1.29 is 13.2 Å². The van der Waals surface area contributed by atoms with Crippen LogP contribution in [0.3, 0.4) is 0 Å². The van der Waals surface area contributed by atoms with E-state index in [1.54, 1.807) is 44.2 Å². The maximum absolute atomic E-state index is 12.3. The fourth-order valence-corrected chi connectivity index (χ4v) is 3.51. The number of benzene rings is 2. The highest BCUT2D eigenvalue weighted by molar-refractivity contribution is 7.89. The molecule has 0 spiro atoms. The number of carbonyl (C=O) groups excluding carboxylic acids is 1. The Balaban J connectivity index is 2.12. The van der Waals surface area contributed by atoms with E-state index in [2.05, 4.69) is 10.0 Å². The molecular formula is C18H19N3O3S. The number of hydrogen-bond acceptors (Lipinski definition) is 4. The molecule has 0 saturated heterocycles. The number of amides is 1. The average Bonchev–Trinajstić information content (AvgIpc) is 2.59. The summed E-state index contributed by atoms with van der Waals surface area (Å²) >= 11 is 0. The molecule has 0 fully saturated rings. The van der Waals surface area contributed by atoms with Crippen molar-refractivity contribution in [1.82, 2.24) is 10.0 Å². The van der Waals surface area contributed by atoms with Gasteiger partial charge in [-0.15, -0.1) is 0 Å². The van der Waals surface area contributed by atoms with Gasteiger partial charge in [-0.2, -0.15) is 5.26 Å². The van der Waals surface area contributed by atoms with Crippen molar-refractivity contribution in [1.29, 1.82) is 5.26 Å². The molecule has 0 aliphatic carbocycles. The zero-order chi connectivity index (χ0) is 18.4. The lowest BCUT2D eigenvalue weighted by atomic mass is 10.1. The predicted octanol–water partition coefficient (Wildman–Crippen LogP) is 2.17. The first-order valence-electron chi connectivity index (χ1n) is 7.71. The van der Waals surface area contributed by atoms with Crippen molar-refractivity contribution in [2.45, 2.75) is 31.3 Å². The maximum atomic E-state index is 12.3. The molecule has 0 atom stereocenters. The fourth-order valence-electron chi connectivity index (χ4n) is 2.22. The van der Waals surface area contributed by atoms with Gasteiger partial charge in [0.05, 0.1) is 16.5 Å². The van der Waals surface area contributed by atoms with Crippen LogP contribution in [0.2, 0.25) is 0 Å². The second kappa shape index (κ2) is 7.92. The number of nitrogens with one attached hydrogen (secondary N) is 2. The molecule has 2 aromatic rings. The zero-order valence-electron chi connectivity index (χ0n) is 14.0.